The second kappa shape index (κ2) is 4.96. The van der Waals surface area contributed by atoms with Crippen LogP contribution in [0, 0.1) is 0 Å². The molecule has 4 N–H and O–H groups in total. The van der Waals surface area contributed by atoms with Gasteiger partial charge in [0.05, 0.1) is 5.60 Å². The van der Waals surface area contributed by atoms with E-state index in [9.17, 15) is 5.11 Å². The van der Waals surface area contributed by atoms with Gasteiger partial charge in [-0.15, -0.1) is 0 Å². The summed E-state index contributed by atoms with van der Waals surface area (Å²) in [5.41, 5.74) is 5.23. The summed E-state index contributed by atoms with van der Waals surface area (Å²) in [6, 6.07) is 1.75. The summed E-state index contributed by atoms with van der Waals surface area (Å²) in [4.78, 5) is 8.77. The number of aromatic nitrogens is 2. The fourth-order valence-corrected chi connectivity index (χ4v) is 2.74. The van der Waals surface area contributed by atoms with Crippen LogP contribution in [0.15, 0.2) is 6.07 Å². The van der Waals surface area contributed by atoms with Crippen LogP contribution >= 0.6 is 0 Å². The summed E-state index contributed by atoms with van der Waals surface area (Å²) in [6.07, 6.45) is 7.51. The van der Waals surface area contributed by atoms with Gasteiger partial charge in [0.25, 0.3) is 0 Å². The molecular weight excluding hydrogens is 240 g/mol. The molecule has 2 fully saturated rings. The minimum atomic E-state index is -0.586. The normalized spacial score (nSPS) is 22.2. The molecule has 19 heavy (non-hydrogen) atoms. The average molecular weight is 262 g/mol. The number of nitrogens with two attached hydrogens (primary N) is 1. The summed E-state index contributed by atoms with van der Waals surface area (Å²) >= 11 is 0. The predicted molar refractivity (Wildman–Crippen MR) is 74.9 cm³/mol. The Bertz CT molecular complexity index is 453. The highest BCUT2D eigenvalue weighted by Gasteiger charge is 2.30. The molecule has 5 heteroatoms. The van der Waals surface area contributed by atoms with Crippen LogP contribution in [-0.2, 0) is 0 Å². The van der Waals surface area contributed by atoms with Crippen molar-refractivity contribution in [2.24, 2.45) is 0 Å². The van der Waals surface area contributed by atoms with E-state index in [4.69, 9.17) is 5.73 Å². The first-order chi connectivity index (χ1) is 9.15. The highest BCUT2D eigenvalue weighted by Crippen LogP contribution is 2.38. The first-order valence-electron chi connectivity index (χ1n) is 7.25. The Kier molecular flexibility index (Phi) is 3.31. The van der Waals surface area contributed by atoms with E-state index in [1.807, 2.05) is 0 Å². The SMILES string of the molecule is Nc1cc(NCC2(O)CCCCC2)nc(C2CC2)n1. The van der Waals surface area contributed by atoms with E-state index < -0.39 is 5.60 Å². The van der Waals surface area contributed by atoms with Crippen LogP contribution in [-0.4, -0.2) is 27.2 Å². The number of nitrogens with zero attached hydrogens (tertiary/aromatic N) is 2. The van der Waals surface area contributed by atoms with Gasteiger partial charge in [-0.2, -0.15) is 0 Å². The van der Waals surface area contributed by atoms with Crippen LogP contribution in [0.4, 0.5) is 11.6 Å². The van der Waals surface area contributed by atoms with E-state index in [0.717, 1.165) is 50.2 Å². The molecule has 104 valence electrons. The van der Waals surface area contributed by atoms with E-state index in [0.29, 0.717) is 18.3 Å². The second-order valence-electron chi connectivity index (χ2n) is 5.95. The molecule has 0 atom stereocenters. The molecule has 2 saturated carbocycles. The molecule has 0 aromatic carbocycles. The molecule has 5 nitrogen and oxygen atoms in total. The number of nitrogens with one attached hydrogen (secondary N) is 1. The first-order valence-corrected chi connectivity index (χ1v) is 7.25. The lowest BCUT2D eigenvalue weighted by Crippen LogP contribution is -2.39. The van der Waals surface area contributed by atoms with Gasteiger partial charge in [-0.25, -0.2) is 9.97 Å². The fraction of sp³-hybridized carbons (Fsp3) is 0.714. The molecule has 0 aliphatic heterocycles. The van der Waals surface area contributed by atoms with Crippen LogP contribution < -0.4 is 11.1 Å². The Hall–Kier alpha value is -1.36. The molecule has 2 aliphatic rings. The first kappa shape index (κ1) is 12.7. The zero-order valence-electron chi connectivity index (χ0n) is 11.2. The van der Waals surface area contributed by atoms with Crippen molar-refractivity contribution < 1.29 is 5.11 Å². The zero-order chi connectivity index (χ0) is 13.3. The summed E-state index contributed by atoms with van der Waals surface area (Å²) in [7, 11) is 0. The number of nitrogen functional groups attached to an aromatic ring is 1. The van der Waals surface area contributed by atoms with E-state index in [1.165, 1.54) is 6.42 Å². The van der Waals surface area contributed by atoms with Crippen molar-refractivity contribution in [1.82, 2.24) is 9.97 Å². The van der Waals surface area contributed by atoms with Gasteiger partial charge in [-0.1, -0.05) is 19.3 Å². The van der Waals surface area contributed by atoms with E-state index in [2.05, 4.69) is 15.3 Å². The third-order valence-corrected chi connectivity index (χ3v) is 4.09. The molecule has 1 aromatic rings. The predicted octanol–water partition coefficient (Wildman–Crippen LogP) is 2.04. The monoisotopic (exact) mass is 262 g/mol. The highest BCUT2D eigenvalue weighted by atomic mass is 16.3. The van der Waals surface area contributed by atoms with Crippen molar-refractivity contribution in [2.45, 2.75) is 56.5 Å². The Labute approximate surface area is 113 Å². The summed E-state index contributed by atoms with van der Waals surface area (Å²) in [5.74, 6) is 2.59. The van der Waals surface area contributed by atoms with E-state index in [1.54, 1.807) is 6.07 Å². The molecule has 0 amide bonds. The Morgan fingerprint density at radius 3 is 2.68 bits per heavy atom. The van der Waals surface area contributed by atoms with Gasteiger partial charge in [-0.05, 0) is 25.7 Å². The van der Waals surface area contributed by atoms with E-state index in [-0.39, 0.29) is 0 Å². The molecular formula is C14H22N4O. The van der Waals surface area contributed by atoms with Gasteiger partial charge in [0.1, 0.15) is 17.5 Å². The fourth-order valence-electron chi connectivity index (χ4n) is 2.74. The van der Waals surface area contributed by atoms with Crippen molar-refractivity contribution in [3.63, 3.8) is 0 Å². The van der Waals surface area contributed by atoms with E-state index >= 15 is 0 Å². The van der Waals surface area contributed by atoms with Crippen LogP contribution in [0.2, 0.25) is 0 Å². The molecule has 3 rings (SSSR count). The lowest BCUT2D eigenvalue weighted by Gasteiger charge is -2.32. The topological polar surface area (TPSA) is 84.1 Å². The molecule has 1 heterocycles. The highest BCUT2D eigenvalue weighted by molar-refractivity contribution is 5.45. The van der Waals surface area contributed by atoms with Crippen LogP contribution in [0.3, 0.4) is 0 Å². The maximum Gasteiger partial charge on any atom is 0.136 e. The quantitative estimate of drug-likeness (QED) is 0.773. The van der Waals surface area contributed by atoms with Gasteiger partial charge in [-0.3, -0.25) is 0 Å². The maximum absolute atomic E-state index is 10.5. The third-order valence-electron chi connectivity index (χ3n) is 4.09. The van der Waals surface area contributed by atoms with Crippen molar-refractivity contribution in [3.8, 4) is 0 Å². The van der Waals surface area contributed by atoms with Crippen LogP contribution in [0.25, 0.3) is 0 Å². The molecule has 0 saturated heterocycles. The van der Waals surface area contributed by atoms with Crippen LogP contribution in [0.1, 0.15) is 56.7 Å². The number of rotatable bonds is 4. The minimum Gasteiger partial charge on any atom is -0.388 e. The maximum atomic E-state index is 10.5. The minimum absolute atomic E-state index is 0.488. The van der Waals surface area contributed by atoms with Crippen molar-refractivity contribution in [2.75, 3.05) is 17.6 Å². The van der Waals surface area contributed by atoms with Crippen LogP contribution in [0.5, 0.6) is 0 Å². The largest absolute Gasteiger partial charge is 0.388 e. The molecule has 1 aromatic heterocycles. The lowest BCUT2D eigenvalue weighted by atomic mass is 9.85. The Morgan fingerprint density at radius 2 is 2.00 bits per heavy atom. The summed E-state index contributed by atoms with van der Waals surface area (Å²) < 4.78 is 0. The van der Waals surface area contributed by atoms with Gasteiger partial charge >= 0.3 is 0 Å². The molecule has 0 radical (unpaired) electrons. The summed E-state index contributed by atoms with van der Waals surface area (Å²) in [5, 5.41) is 13.7. The second-order valence-corrected chi connectivity index (χ2v) is 5.95. The number of aliphatic hydroxyl groups is 1. The lowest BCUT2D eigenvalue weighted by molar-refractivity contribution is 0.0166. The average Bonchev–Trinajstić information content (AvgIpc) is 3.21. The molecule has 0 unspecified atom stereocenters. The van der Waals surface area contributed by atoms with Gasteiger partial charge < -0.3 is 16.2 Å². The molecule has 0 spiro atoms. The molecule has 2 aliphatic carbocycles. The Balaban J connectivity index is 1.65. The van der Waals surface area contributed by atoms with Gasteiger partial charge in [0.15, 0.2) is 0 Å². The molecule has 0 bridgehead atoms. The summed E-state index contributed by atoms with van der Waals surface area (Å²) in [6.45, 7) is 0.549. The standard InChI is InChI=1S/C14H22N4O/c15-11-8-12(18-13(17-11)10-4-5-10)16-9-14(19)6-2-1-3-7-14/h8,10,19H,1-7,9H2,(H3,15,16,17,18). The zero-order valence-corrected chi connectivity index (χ0v) is 11.2. The van der Waals surface area contributed by atoms with Gasteiger partial charge in [0, 0.05) is 18.5 Å². The number of hydrogen-bond acceptors (Lipinski definition) is 5. The Morgan fingerprint density at radius 1 is 1.26 bits per heavy atom. The number of anilines is 2. The smallest absolute Gasteiger partial charge is 0.136 e. The third kappa shape index (κ3) is 3.15. The van der Waals surface area contributed by atoms with Crippen molar-refractivity contribution >= 4 is 11.6 Å². The van der Waals surface area contributed by atoms with Crippen molar-refractivity contribution in [3.05, 3.63) is 11.9 Å². The number of hydrogen-bond donors (Lipinski definition) is 3. The van der Waals surface area contributed by atoms with Gasteiger partial charge in [0.2, 0.25) is 0 Å². The van der Waals surface area contributed by atoms with Crippen molar-refractivity contribution in [1.29, 1.82) is 0 Å².